The first-order chi connectivity index (χ1) is 2.91. The molecular formula is C4H8BrS. The molecule has 0 unspecified atom stereocenters. The van der Waals surface area contributed by atoms with Crippen molar-refractivity contribution in [2.45, 2.75) is 12.8 Å². The molecule has 37 valence electrons. The third-order valence-corrected chi connectivity index (χ3v) is 1.38. The first kappa shape index (κ1) is 6.83. The maximum Gasteiger partial charge on any atom is 0.00372 e. The lowest BCUT2D eigenvalue weighted by Crippen LogP contribution is -1.74. The van der Waals surface area contributed by atoms with Gasteiger partial charge in [0.2, 0.25) is 0 Å². The normalized spacial score (nSPS) is 9.00. The van der Waals surface area contributed by atoms with Crippen molar-refractivity contribution in [2.75, 3.05) is 11.1 Å². The van der Waals surface area contributed by atoms with Gasteiger partial charge in [-0.2, -0.15) is 0 Å². The van der Waals surface area contributed by atoms with E-state index < -0.39 is 0 Å². The first-order valence-electron chi connectivity index (χ1n) is 2.06. The zero-order valence-corrected chi connectivity index (χ0v) is 6.02. The highest BCUT2D eigenvalue weighted by Crippen LogP contribution is 1.93. The molecule has 0 aliphatic carbocycles. The maximum absolute atomic E-state index is 4.70. The Labute approximate surface area is 52.9 Å². The van der Waals surface area contributed by atoms with Crippen LogP contribution in [0.5, 0.6) is 0 Å². The molecular weight excluding hydrogens is 160 g/mol. The molecule has 0 aliphatic rings. The van der Waals surface area contributed by atoms with Crippen LogP contribution in [0.1, 0.15) is 12.8 Å². The minimum Gasteiger partial charge on any atom is -0.0942 e. The van der Waals surface area contributed by atoms with Crippen molar-refractivity contribution in [2.24, 2.45) is 0 Å². The first-order valence-corrected chi connectivity index (χ1v) is 3.75. The smallest absolute Gasteiger partial charge is 0.00372 e. The molecule has 0 saturated carbocycles. The molecule has 0 N–H and O–H groups in total. The second-order valence-electron chi connectivity index (χ2n) is 1.10. The van der Waals surface area contributed by atoms with Crippen LogP contribution in [0.4, 0.5) is 0 Å². The summed E-state index contributed by atoms with van der Waals surface area (Å²) in [6.45, 7) is 0. The van der Waals surface area contributed by atoms with Crippen LogP contribution < -0.4 is 0 Å². The molecule has 0 aromatic heterocycles. The predicted octanol–water partition coefficient (Wildman–Crippen LogP) is 2.36. The van der Waals surface area contributed by atoms with Crippen molar-refractivity contribution in [1.29, 1.82) is 0 Å². The molecule has 0 heterocycles. The van der Waals surface area contributed by atoms with Crippen molar-refractivity contribution in [1.82, 2.24) is 0 Å². The summed E-state index contributed by atoms with van der Waals surface area (Å²) in [6, 6.07) is 0. The largest absolute Gasteiger partial charge is 0.0942 e. The summed E-state index contributed by atoms with van der Waals surface area (Å²) in [6.07, 6.45) is 2.41. The lowest BCUT2D eigenvalue weighted by molar-refractivity contribution is 0.916. The lowest BCUT2D eigenvalue weighted by Gasteiger charge is -1.83. The van der Waals surface area contributed by atoms with Gasteiger partial charge in [-0.25, -0.2) is 0 Å². The van der Waals surface area contributed by atoms with Gasteiger partial charge in [0.1, 0.15) is 0 Å². The molecule has 0 amide bonds. The van der Waals surface area contributed by atoms with Crippen LogP contribution in [-0.4, -0.2) is 11.1 Å². The Balaban J connectivity index is 2.34. The monoisotopic (exact) mass is 167 g/mol. The molecule has 0 spiro atoms. The van der Waals surface area contributed by atoms with E-state index in [2.05, 4.69) is 15.9 Å². The van der Waals surface area contributed by atoms with Crippen molar-refractivity contribution >= 4 is 28.6 Å². The van der Waals surface area contributed by atoms with E-state index >= 15 is 0 Å². The number of hydrogen-bond acceptors (Lipinski definition) is 0. The van der Waals surface area contributed by atoms with Crippen LogP contribution in [0, 0.1) is 0 Å². The summed E-state index contributed by atoms with van der Waals surface area (Å²) in [5, 5.41) is 1.10. The fourth-order valence-corrected chi connectivity index (χ4v) is 0.797. The minimum absolute atomic E-state index is 0.908. The van der Waals surface area contributed by atoms with Gasteiger partial charge in [-0.15, -0.1) is 0 Å². The fraction of sp³-hybridized carbons (Fsp3) is 1.00. The standard InChI is InChI=1S/C4H8BrS/c5-3-1-2-4-6/h1-4H2. The third kappa shape index (κ3) is 4.83. The molecule has 0 aromatic carbocycles. The highest BCUT2D eigenvalue weighted by atomic mass is 79.9. The van der Waals surface area contributed by atoms with Crippen molar-refractivity contribution in [3.8, 4) is 0 Å². The summed E-state index contributed by atoms with van der Waals surface area (Å²) in [5.41, 5.74) is 0. The number of rotatable bonds is 3. The number of hydrogen-bond donors (Lipinski definition) is 0. The Morgan fingerprint density at radius 2 is 2.00 bits per heavy atom. The van der Waals surface area contributed by atoms with Gasteiger partial charge < -0.3 is 0 Å². The molecule has 0 bridgehead atoms. The Morgan fingerprint density at radius 1 is 1.33 bits per heavy atom. The van der Waals surface area contributed by atoms with Gasteiger partial charge in [0.25, 0.3) is 0 Å². The summed E-state index contributed by atoms with van der Waals surface area (Å²) in [5.74, 6) is 0.908. The van der Waals surface area contributed by atoms with Crippen molar-refractivity contribution in [3.63, 3.8) is 0 Å². The summed E-state index contributed by atoms with van der Waals surface area (Å²) >= 11 is 8.00. The van der Waals surface area contributed by atoms with Crippen LogP contribution in [-0.2, 0) is 0 Å². The minimum atomic E-state index is 0.908. The molecule has 0 fully saturated rings. The summed E-state index contributed by atoms with van der Waals surface area (Å²) in [4.78, 5) is 0. The van der Waals surface area contributed by atoms with E-state index in [4.69, 9.17) is 12.6 Å². The lowest BCUT2D eigenvalue weighted by atomic mass is 10.4. The topological polar surface area (TPSA) is 0 Å². The second-order valence-corrected chi connectivity index (χ2v) is 2.30. The van der Waals surface area contributed by atoms with Gasteiger partial charge >= 0.3 is 0 Å². The Kier molecular flexibility index (Phi) is 6.64. The molecule has 1 radical (unpaired) electrons. The van der Waals surface area contributed by atoms with E-state index in [9.17, 15) is 0 Å². The zero-order chi connectivity index (χ0) is 4.83. The predicted molar refractivity (Wildman–Crippen MR) is 35.5 cm³/mol. The van der Waals surface area contributed by atoms with E-state index in [1.807, 2.05) is 0 Å². The second kappa shape index (κ2) is 5.83. The van der Waals surface area contributed by atoms with Crippen molar-refractivity contribution in [3.05, 3.63) is 0 Å². The van der Waals surface area contributed by atoms with Gasteiger partial charge in [-0.1, -0.05) is 28.6 Å². The van der Waals surface area contributed by atoms with Gasteiger partial charge in [0.05, 0.1) is 0 Å². The quantitative estimate of drug-likeness (QED) is 0.448. The molecule has 2 heteroatoms. The summed E-state index contributed by atoms with van der Waals surface area (Å²) < 4.78 is 0. The van der Waals surface area contributed by atoms with E-state index in [1.165, 1.54) is 12.8 Å². The molecule has 0 atom stereocenters. The Morgan fingerprint density at radius 3 is 2.17 bits per heavy atom. The molecule has 0 aliphatic heterocycles. The highest BCUT2D eigenvalue weighted by Gasteiger charge is 1.77. The van der Waals surface area contributed by atoms with Crippen LogP contribution >= 0.6 is 28.6 Å². The van der Waals surface area contributed by atoms with Gasteiger partial charge in [-0.3, -0.25) is 0 Å². The molecule has 0 nitrogen and oxygen atoms in total. The Bertz CT molecular complexity index is 19.5. The SMILES string of the molecule is [S]CCCCBr. The van der Waals surface area contributed by atoms with E-state index in [1.54, 1.807) is 0 Å². The van der Waals surface area contributed by atoms with Crippen LogP contribution in [0.15, 0.2) is 0 Å². The van der Waals surface area contributed by atoms with Crippen LogP contribution in [0.3, 0.4) is 0 Å². The van der Waals surface area contributed by atoms with Crippen LogP contribution in [0.25, 0.3) is 0 Å². The molecule has 0 aromatic rings. The molecule has 0 rings (SSSR count). The van der Waals surface area contributed by atoms with Gasteiger partial charge in [0, 0.05) is 11.1 Å². The van der Waals surface area contributed by atoms with Gasteiger partial charge in [0.15, 0.2) is 0 Å². The van der Waals surface area contributed by atoms with Crippen LogP contribution in [0.2, 0.25) is 0 Å². The zero-order valence-electron chi connectivity index (χ0n) is 3.61. The van der Waals surface area contributed by atoms with E-state index in [0.717, 1.165) is 11.1 Å². The Hall–Kier alpha value is 0.830. The van der Waals surface area contributed by atoms with E-state index in [0.29, 0.717) is 0 Å². The molecule has 0 saturated heterocycles. The van der Waals surface area contributed by atoms with Crippen molar-refractivity contribution < 1.29 is 0 Å². The highest BCUT2D eigenvalue weighted by molar-refractivity contribution is 9.09. The number of unbranched alkanes of at least 4 members (excludes halogenated alkanes) is 1. The summed E-state index contributed by atoms with van der Waals surface area (Å²) in [7, 11) is 0. The van der Waals surface area contributed by atoms with Gasteiger partial charge in [-0.05, 0) is 12.8 Å². The average Bonchev–Trinajstić information content (AvgIpc) is 1.61. The maximum atomic E-state index is 4.70. The molecule has 6 heavy (non-hydrogen) atoms. The average molecular weight is 168 g/mol. The number of alkyl halides is 1. The number of halogens is 1. The fourth-order valence-electron chi connectivity index (χ4n) is 0.197. The third-order valence-electron chi connectivity index (χ3n) is 0.528. The van der Waals surface area contributed by atoms with E-state index in [-0.39, 0.29) is 0 Å².